The molecule has 2 atom stereocenters. The monoisotopic (exact) mass is 263 g/mol. The number of nitrogens with two attached hydrogens (primary N) is 1. The highest BCUT2D eigenvalue weighted by molar-refractivity contribution is 6.03. The molecule has 0 saturated carbocycles. The third kappa shape index (κ3) is 2.31. The summed E-state index contributed by atoms with van der Waals surface area (Å²) in [6.07, 6.45) is 1.82. The maximum absolute atomic E-state index is 12.4. The van der Waals surface area contributed by atoms with E-state index in [2.05, 4.69) is 4.98 Å². The molecular weight excluding hydrogens is 246 g/mol. The number of carbonyl (C=O) groups excluding carboxylic acids is 1. The molecule has 1 amide bonds. The number of carboxylic acids is 1. The van der Waals surface area contributed by atoms with Crippen molar-refractivity contribution < 1.29 is 14.7 Å². The molecule has 0 spiro atoms. The Labute approximate surface area is 111 Å². The molecule has 0 bridgehead atoms. The van der Waals surface area contributed by atoms with Crippen LogP contribution >= 0.6 is 0 Å². The first-order chi connectivity index (χ1) is 8.93. The molecule has 0 radical (unpaired) electrons. The minimum Gasteiger partial charge on any atom is -0.480 e. The second-order valence-corrected chi connectivity index (χ2v) is 5.02. The molecule has 102 valence electrons. The van der Waals surface area contributed by atoms with Gasteiger partial charge in [-0.3, -0.25) is 9.69 Å². The van der Waals surface area contributed by atoms with Gasteiger partial charge in [-0.1, -0.05) is 19.9 Å². The quantitative estimate of drug-likeness (QED) is 0.823. The van der Waals surface area contributed by atoms with E-state index < -0.39 is 18.1 Å². The number of aliphatic carboxylic acids is 1. The zero-order valence-corrected chi connectivity index (χ0v) is 10.9. The SMILES string of the molecule is CC(C)[C@H](N)C(=O)N1c2ncccc2C[C@H]1C(=O)O. The number of rotatable bonds is 3. The van der Waals surface area contributed by atoms with Crippen molar-refractivity contribution in [3.8, 4) is 0 Å². The molecule has 1 aliphatic rings. The summed E-state index contributed by atoms with van der Waals surface area (Å²) in [6.45, 7) is 3.65. The third-order valence-electron chi connectivity index (χ3n) is 3.35. The molecule has 6 heteroatoms. The molecule has 1 aliphatic heterocycles. The fourth-order valence-electron chi connectivity index (χ4n) is 2.16. The van der Waals surface area contributed by atoms with E-state index in [0.29, 0.717) is 5.82 Å². The van der Waals surface area contributed by atoms with E-state index in [1.54, 1.807) is 18.3 Å². The van der Waals surface area contributed by atoms with Gasteiger partial charge < -0.3 is 10.8 Å². The van der Waals surface area contributed by atoms with Gasteiger partial charge in [0.1, 0.15) is 11.9 Å². The van der Waals surface area contributed by atoms with Crippen molar-refractivity contribution >= 4 is 17.7 Å². The Morgan fingerprint density at radius 2 is 2.21 bits per heavy atom. The van der Waals surface area contributed by atoms with Gasteiger partial charge >= 0.3 is 5.97 Å². The molecule has 19 heavy (non-hydrogen) atoms. The van der Waals surface area contributed by atoms with Gasteiger partial charge in [0.25, 0.3) is 0 Å². The zero-order chi connectivity index (χ0) is 14.2. The van der Waals surface area contributed by atoms with Crippen LogP contribution in [0.4, 0.5) is 5.82 Å². The Bertz CT molecular complexity index is 516. The molecule has 2 heterocycles. The first kappa shape index (κ1) is 13.5. The normalized spacial score (nSPS) is 19.4. The van der Waals surface area contributed by atoms with Crippen LogP contribution in [0.3, 0.4) is 0 Å². The number of pyridine rings is 1. The highest BCUT2D eigenvalue weighted by atomic mass is 16.4. The lowest BCUT2D eigenvalue weighted by atomic mass is 10.0. The number of hydrogen-bond donors (Lipinski definition) is 2. The van der Waals surface area contributed by atoms with E-state index in [1.165, 1.54) is 4.90 Å². The Morgan fingerprint density at radius 1 is 1.53 bits per heavy atom. The number of carboxylic acid groups (broad SMARTS) is 1. The second-order valence-electron chi connectivity index (χ2n) is 5.02. The number of aromatic nitrogens is 1. The Kier molecular flexibility index (Phi) is 3.53. The average Bonchev–Trinajstić information content (AvgIpc) is 2.76. The van der Waals surface area contributed by atoms with Gasteiger partial charge in [0.05, 0.1) is 6.04 Å². The number of nitrogens with zero attached hydrogens (tertiary/aromatic N) is 2. The molecule has 6 nitrogen and oxygen atoms in total. The van der Waals surface area contributed by atoms with Gasteiger partial charge in [0.15, 0.2) is 0 Å². The van der Waals surface area contributed by atoms with Gasteiger partial charge in [-0.2, -0.15) is 0 Å². The van der Waals surface area contributed by atoms with Crippen LogP contribution < -0.4 is 10.6 Å². The summed E-state index contributed by atoms with van der Waals surface area (Å²) < 4.78 is 0. The van der Waals surface area contributed by atoms with Gasteiger partial charge in [-0.25, -0.2) is 9.78 Å². The van der Waals surface area contributed by atoms with Crippen LogP contribution in [-0.2, 0) is 16.0 Å². The standard InChI is InChI=1S/C13H17N3O3/c1-7(2)10(14)12(17)16-9(13(18)19)6-8-4-3-5-15-11(8)16/h3-5,7,9-10H,6,14H2,1-2H3,(H,18,19)/t9-,10-/m0/s1. The molecule has 1 aromatic rings. The molecule has 0 aromatic carbocycles. The summed E-state index contributed by atoms with van der Waals surface area (Å²) in [7, 11) is 0. The second kappa shape index (κ2) is 4.97. The summed E-state index contributed by atoms with van der Waals surface area (Å²) in [5, 5.41) is 9.26. The number of carbonyl (C=O) groups is 2. The first-order valence-electron chi connectivity index (χ1n) is 6.18. The summed E-state index contributed by atoms with van der Waals surface area (Å²) in [6, 6.07) is 1.87. The predicted molar refractivity (Wildman–Crippen MR) is 69.7 cm³/mol. The van der Waals surface area contributed by atoms with Crippen molar-refractivity contribution in [1.29, 1.82) is 0 Å². The lowest BCUT2D eigenvalue weighted by Crippen LogP contribution is -2.52. The largest absolute Gasteiger partial charge is 0.480 e. The van der Waals surface area contributed by atoms with E-state index in [0.717, 1.165) is 5.56 Å². The predicted octanol–water partition coefficient (Wildman–Crippen LogP) is 0.407. The molecule has 1 aromatic heterocycles. The number of hydrogen-bond acceptors (Lipinski definition) is 4. The van der Waals surface area contributed by atoms with Crippen LogP contribution in [0.2, 0.25) is 0 Å². The number of fused-ring (bicyclic) bond motifs is 1. The van der Waals surface area contributed by atoms with Crippen molar-refractivity contribution in [2.45, 2.75) is 32.4 Å². The van der Waals surface area contributed by atoms with E-state index in [9.17, 15) is 14.7 Å². The minimum absolute atomic E-state index is 0.0605. The van der Waals surface area contributed by atoms with Crippen LogP contribution in [0, 0.1) is 5.92 Å². The molecule has 0 saturated heterocycles. The van der Waals surface area contributed by atoms with E-state index in [4.69, 9.17) is 5.73 Å². The molecule has 0 aliphatic carbocycles. The maximum Gasteiger partial charge on any atom is 0.327 e. The lowest BCUT2D eigenvalue weighted by molar-refractivity contribution is -0.140. The van der Waals surface area contributed by atoms with Gasteiger partial charge in [0, 0.05) is 12.6 Å². The third-order valence-corrected chi connectivity index (χ3v) is 3.35. The van der Waals surface area contributed by atoms with E-state index in [1.807, 2.05) is 13.8 Å². The Balaban J connectivity index is 2.39. The van der Waals surface area contributed by atoms with Gasteiger partial charge in [0.2, 0.25) is 5.91 Å². The van der Waals surface area contributed by atoms with Gasteiger partial charge in [-0.15, -0.1) is 0 Å². The van der Waals surface area contributed by atoms with Crippen LogP contribution in [0.25, 0.3) is 0 Å². The highest BCUT2D eigenvalue weighted by Crippen LogP contribution is 2.30. The van der Waals surface area contributed by atoms with Crippen LogP contribution in [0.15, 0.2) is 18.3 Å². The molecule has 0 fully saturated rings. The van der Waals surface area contributed by atoms with Gasteiger partial charge in [-0.05, 0) is 17.5 Å². The van der Waals surface area contributed by atoms with Crippen LogP contribution in [0.5, 0.6) is 0 Å². The van der Waals surface area contributed by atoms with E-state index in [-0.39, 0.29) is 18.2 Å². The number of amides is 1. The highest BCUT2D eigenvalue weighted by Gasteiger charge is 2.41. The van der Waals surface area contributed by atoms with Crippen LogP contribution in [-0.4, -0.2) is 34.1 Å². The maximum atomic E-state index is 12.4. The summed E-state index contributed by atoms with van der Waals surface area (Å²) in [4.78, 5) is 29.0. The Morgan fingerprint density at radius 3 is 2.79 bits per heavy atom. The average molecular weight is 263 g/mol. The molecule has 2 rings (SSSR count). The topological polar surface area (TPSA) is 96.5 Å². The molecule has 3 N–H and O–H groups in total. The van der Waals surface area contributed by atoms with Crippen molar-refractivity contribution in [2.75, 3.05) is 4.90 Å². The number of anilines is 1. The summed E-state index contributed by atoms with van der Waals surface area (Å²) in [5.41, 5.74) is 6.61. The fourth-order valence-corrected chi connectivity index (χ4v) is 2.16. The smallest absolute Gasteiger partial charge is 0.327 e. The fraction of sp³-hybridized carbons (Fsp3) is 0.462. The minimum atomic E-state index is -1.04. The van der Waals surface area contributed by atoms with Crippen molar-refractivity contribution in [2.24, 2.45) is 11.7 Å². The van der Waals surface area contributed by atoms with E-state index >= 15 is 0 Å². The Hall–Kier alpha value is -1.95. The van der Waals surface area contributed by atoms with Crippen molar-refractivity contribution in [3.05, 3.63) is 23.9 Å². The lowest BCUT2D eigenvalue weighted by Gasteiger charge is -2.26. The van der Waals surface area contributed by atoms with Crippen LogP contribution in [0.1, 0.15) is 19.4 Å². The summed E-state index contributed by atoms with van der Waals surface area (Å²) in [5.74, 6) is -1.08. The molecule has 0 unspecified atom stereocenters. The summed E-state index contributed by atoms with van der Waals surface area (Å²) >= 11 is 0. The molecular formula is C13H17N3O3. The van der Waals surface area contributed by atoms with Crippen molar-refractivity contribution in [3.63, 3.8) is 0 Å². The first-order valence-corrected chi connectivity index (χ1v) is 6.18. The van der Waals surface area contributed by atoms with Crippen molar-refractivity contribution in [1.82, 2.24) is 4.98 Å². The zero-order valence-electron chi connectivity index (χ0n) is 10.9.